The Balaban J connectivity index is 4.45. The Hall–Kier alpha value is -0.730. The first-order chi connectivity index (χ1) is 7.91. The van der Waals surface area contributed by atoms with Gasteiger partial charge in [-0.25, -0.2) is 9.98 Å². The van der Waals surface area contributed by atoms with Crippen LogP contribution in [0.1, 0.15) is 0 Å². The first kappa shape index (κ1) is 16.3. The largest absolute Gasteiger partial charge is 0.392 e. The molecule has 5 N–H and O–H groups in total. The van der Waals surface area contributed by atoms with E-state index in [0.717, 1.165) is 0 Å². The van der Waals surface area contributed by atoms with Gasteiger partial charge in [0.2, 0.25) is 0 Å². The molecule has 0 aliphatic carbocycles. The van der Waals surface area contributed by atoms with E-state index in [4.69, 9.17) is 16.9 Å². The van der Waals surface area contributed by atoms with Crippen LogP contribution in [0.25, 0.3) is 0 Å². The van der Waals surface area contributed by atoms with Crippen LogP contribution in [0.5, 0.6) is 0 Å². The molecule has 0 fully saturated rings. The van der Waals surface area contributed by atoms with Crippen LogP contribution in [0.15, 0.2) is 43.6 Å². The highest BCUT2D eigenvalue weighted by atomic mass is 79.9. The molecule has 0 aromatic heterocycles. The zero-order valence-corrected chi connectivity index (χ0v) is 13.3. The predicted octanol–water partition coefficient (Wildman–Crippen LogP) is 2.73. The van der Waals surface area contributed by atoms with Gasteiger partial charge in [0, 0.05) is 0 Å². The fourth-order valence-corrected chi connectivity index (χ4v) is 1.16. The molecule has 0 saturated heterocycles. The predicted molar refractivity (Wildman–Crippen MR) is 84.1 cm³/mol. The van der Waals surface area contributed by atoms with Crippen molar-refractivity contribution in [2.24, 2.45) is 21.5 Å². The summed E-state index contributed by atoms with van der Waals surface area (Å²) in [5, 5.41) is 6.94. The minimum atomic E-state index is -0.111. The van der Waals surface area contributed by atoms with Gasteiger partial charge in [0.05, 0.1) is 17.0 Å². The average molecular weight is 428 g/mol. The van der Waals surface area contributed by atoms with Crippen LogP contribution >= 0.6 is 47.8 Å². The summed E-state index contributed by atoms with van der Waals surface area (Å²) in [6, 6.07) is 0. The summed E-state index contributed by atoms with van der Waals surface area (Å²) < 4.78 is 1.58. The number of nitrogens with two attached hydrogens (primary N) is 2. The van der Waals surface area contributed by atoms with Crippen molar-refractivity contribution >= 4 is 64.5 Å². The number of nitrogens with zero attached hydrogens (tertiary/aromatic N) is 2. The number of rotatable bonds is 5. The van der Waals surface area contributed by atoms with Crippen molar-refractivity contribution in [1.29, 1.82) is 5.41 Å². The molecule has 5 nitrogen and oxygen atoms in total. The minimum absolute atomic E-state index is 0.111. The van der Waals surface area contributed by atoms with Crippen LogP contribution in [0.3, 0.4) is 0 Å². The molecule has 0 bridgehead atoms. The Kier molecular flexibility index (Phi) is 8.92. The SMILES string of the molecule is N=C(N)\C=N/C(Br)=C/C=C/C(Br)=N\C=C(/N)Br. The third-order valence-corrected chi connectivity index (χ3v) is 2.25. The Labute approximate surface area is 124 Å². The molecule has 0 aliphatic rings. The standard InChI is InChI=1S/C9H10Br3N5/c10-6(13)4-16-7(11)2-1-3-8(12)17-5-9(14)15/h1-5H,13H2,(H3,14,15)/b2-1+,6-4-,8-3+,16-7+,17-5-. The van der Waals surface area contributed by atoms with E-state index >= 15 is 0 Å². The monoisotopic (exact) mass is 425 g/mol. The molecule has 0 spiro atoms. The van der Waals surface area contributed by atoms with Gasteiger partial charge >= 0.3 is 0 Å². The van der Waals surface area contributed by atoms with Crippen LogP contribution in [-0.4, -0.2) is 16.7 Å². The summed E-state index contributed by atoms with van der Waals surface area (Å²) in [5.41, 5.74) is 10.4. The van der Waals surface area contributed by atoms with Crippen LogP contribution in [-0.2, 0) is 0 Å². The molecule has 0 aliphatic heterocycles. The summed E-state index contributed by atoms with van der Waals surface area (Å²) in [4.78, 5) is 7.82. The Morgan fingerprint density at radius 3 is 2.35 bits per heavy atom. The van der Waals surface area contributed by atoms with Crippen molar-refractivity contribution in [2.45, 2.75) is 0 Å². The van der Waals surface area contributed by atoms with Gasteiger partial charge in [0.15, 0.2) is 0 Å². The zero-order valence-electron chi connectivity index (χ0n) is 8.57. The van der Waals surface area contributed by atoms with Gasteiger partial charge in [-0.3, -0.25) is 5.41 Å². The van der Waals surface area contributed by atoms with Crippen molar-refractivity contribution in [3.05, 3.63) is 33.6 Å². The van der Waals surface area contributed by atoms with Crippen molar-refractivity contribution < 1.29 is 0 Å². The summed E-state index contributed by atoms with van der Waals surface area (Å²) in [5.74, 6) is -0.111. The van der Waals surface area contributed by atoms with Crippen LogP contribution < -0.4 is 11.5 Å². The lowest BCUT2D eigenvalue weighted by molar-refractivity contribution is 1.47. The van der Waals surface area contributed by atoms with E-state index in [9.17, 15) is 0 Å². The molecule has 17 heavy (non-hydrogen) atoms. The number of halogens is 3. The molecule has 0 unspecified atom stereocenters. The second kappa shape index (κ2) is 9.32. The lowest BCUT2D eigenvalue weighted by atomic mass is 10.5. The van der Waals surface area contributed by atoms with Crippen LogP contribution in [0.4, 0.5) is 0 Å². The van der Waals surface area contributed by atoms with Crippen LogP contribution in [0, 0.1) is 5.41 Å². The molecule has 0 radical (unpaired) electrons. The molecule has 0 atom stereocenters. The van der Waals surface area contributed by atoms with Gasteiger partial charge in [0.1, 0.15) is 15.1 Å². The Morgan fingerprint density at radius 2 is 1.82 bits per heavy atom. The van der Waals surface area contributed by atoms with Crippen molar-refractivity contribution in [3.63, 3.8) is 0 Å². The van der Waals surface area contributed by atoms with Gasteiger partial charge in [0.25, 0.3) is 0 Å². The molecule has 0 aromatic rings. The van der Waals surface area contributed by atoms with E-state index in [2.05, 4.69) is 57.8 Å². The molecule has 92 valence electrons. The van der Waals surface area contributed by atoms with Gasteiger partial charge < -0.3 is 11.5 Å². The fourth-order valence-electron chi connectivity index (χ4n) is 0.548. The van der Waals surface area contributed by atoms with Crippen molar-refractivity contribution in [3.8, 4) is 0 Å². The topological polar surface area (TPSA) is 101 Å². The van der Waals surface area contributed by atoms with E-state index in [1.807, 2.05) is 0 Å². The Morgan fingerprint density at radius 1 is 1.18 bits per heavy atom. The van der Waals surface area contributed by atoms with Gasteiger partial charge in [-0.1, -0.05) is 6.08 Å². The molecular formula is C9H10Br3N5. The minimum Gasteiger partial charge on any atom is -0.392 e. The first-order valence-electron chi connectivity index (χ1n) is 4.18. The van der Waals surface area contributed by atoms with Crippen molar-refractivity contribution in [1.82, 2.24) is 0 Å². The molecule has 8 heteroatoms. The van der Waals surface area contributed by atoms with Gasteiger partial charge in [-0.2, -0.15) is 0 Å². The first-order valence-corrected chi connectivity index (χ1v) is 6.56. The third kappa shape index (κ3) is 11.5. The lowest BCUT2D eigenvalue weighted by Gasteiger charge is -1.88. The second-order valence-corrected chi connectivity index (χ2v) is 5.07. The maximum absolute atomic E-state index is 6.94. The number of allylic oxidation sites excluding steroid dienone is 3. The summed E-state index contributed by atoms with van der Waals surface area (Å²) >= 11 is 9.45. The zero-order chi connectivity index (χ0) is 13.3. The van der Waals surface area contributed by atoms with E-state index in [1.54, 1.807) is 18.2 Å². The maximum atomic E-state index is 6.94. The highest BCUT2D eigenvalue weighted by Crippen LogP contribution is 2.06. The highest BCUT2D eigenvalue weighted by Gasteiger charge is 1.86. The molecule has 0 rings (SSSR count). The molecular weight excluding hydrogens is 418 g/mol. The second-order valence-electron chi connectivity index (χ2n) is 2.53. The number of amidine groups is 1. The summed E-state index contributed by atoms with van der Waals surface area (Å²) in [6.45, 7) is 0. The van der Waals surface area contributed by atoms with E-state index in [0.29, 0.717) is 13.8 Å². The highest BCUT2D eigenvalue weighted by molar-refractivity contribution is 9.18. The third-order valence-electron chi connectivity index (χ3n) is 1.11. The van der Waals surface area contributed by atoms with Crippen LogP contribution in [0.2, 0.25) is 0 Å². The molecule has 0 saturated carbocycles. The quantitative estimate of drug-likeness (QED) is 0.272. The number of nitrogens with one attached hydrogen (secondary N) is 1. The van der Waals surface area contributed by atoms with E-state index in [1.165, 1.54) is 12.4 Å². The Bertz CT molecular complexity index is 416. The number of hydrogen-bond acceptors (Lipinski definition) is 4. The molecule has 0 amide bonds. The fraction of sp³-hybridized carbons (Fsp3) is 0. The lowest BCUT2D eigenvalue weighted by Crippen LogP contribution is -2.09. The van der Waals surface area contributed by atoms with E-state index in [-0.39, 0.29) is 5.84 Å². The molecule has 0 aromatic carbocycles. The average Bonchev–Trinajstić information content (AvgIpc) is 2.23. The summed E-state index contributed by atoms with van der Waals surface area (Å²) in [6.07, 6.45) is 7.79. The van der Waals surface area contributed by atoms with Gasteiger partial charge in [-0.05, 0) is 59.9 Å². The van der Waals surface area contributed by atoms with Crippen molar-refractivity contribution in [2.75, 3.05) is 0 Å². The smallest absolute Gasteiger partial charge is 0.134 e. The summed E-state index contributed by atoms with van der Waals surface area (Å²) in [7, 11) is 0. The number of hydrogen-bond donors (Lipinski definition) is 3. The maximum Gasteiger partial charge on any atom is 0.134 e. The molecule has 0 heterocycles. The normalized spacial score (nSPS) is 14.9. The van der Waals surface area contributed by atoms with Gasteiger partial charge in [-0.15, -0.1) is 0 Å². The van der Waals surface area contributed by atoms with E-state index < -0.39 is 0 Å². The number of aliphatic imine (C=N–C) groups is 2.